The molecule has 0 saturated heterocycles. The lowest BCUT2D eigenvalue weighted by Crippen LogP contribution is -2.01. The third-order valence-corrected chi connectivity index (χ3v) is 2.69. The predicted molar refractivity (Wildman–Crippen MR) is 56.3 cm³/mol. The lowest BCUT2D eigenvalue weighted by Gasteiger charge is -1.87. The molecule has 1 heterocycles. The van der Waals surface area contributed by atoms with Crippen LogP contribution in [0.5, 0.6) is 0 Å². The summed E-state index contributed by atoms with van der Waals surface area (Å²) in [5, 5.41) is 0. The van der Waals surface area contributed by atoms with E-state index in [1.807, 2.05) is 6.08 Å². The van der Waals surface area contributed by atoms with Gasteiger partial charge in [-0.3, -0.25) is 0 Å². The minimum absolute atomic E-state index is 0.300. The summed E-state index contributed by atoms with van der Waals surface area (Å²) in [5.41, 5.74) is 5.83. The Labute approximate surface area is 74.1 Å². The topological polar surface area (TPSA) is 12.4 Å². The molecule has 1 nitrogen and oxygen atoms in total. The zero-order valence-electron chi connectivity index (χ0n) is 7.33. The Balaban J connectivity index is 2.31. The first kappa shape index (κ1) is 7.62. The molecular formula is C10H11NSi. The molecule has 0 saturated carbocycles. The number of aliphatic imine (C=N–C) groups is 1. The highest BCUT2D eigenvalue weighted by atomic mass is 28.2. The van der Waals surface area contributed by atoms with Gasteiger partial charge in [-0.25, -0.2) is 4.99 Å². The van der Waals surface area contributed by atoms with Gasteiger partial charge in [0.2, 0.25) is 0 Å². The van der Waals surface area contributed by atoms with Crippen molar-refractivity contribution in [2.24, 2.45) is 4.99 Å². The predicted octanol–water partition coefficient (Wildman–Crippen LogP) is 1.96. The van der Waals surface area contributed by atoms with Gasteiger partial charge in [0.25, 0.3) is 0 Å². The van der Waals surface area contributed by atoms with Gasteiger partial charge in [0.1, 0.15) is 0 Å². The molecule has 1 aliphatic heterocycles. The molecule has 0 aromatic heterocycles. The van der Waals surface area contributed by atoms with Gasteiger partial charge < -0.3 is 0 Å². The van der Waals surface area contributed by atoms with Crippen LogP contribution in [0.15, 0.2) is 40.6 Å². The van der Waals surface area contributed by atoms with Gasteiger partial charge in [0.15, 0.2) is 0 Å². The number of hydrogen-bond acceptors (Lipinski definition) is 1. The molecule has 0 unspecified atom stereocenters. The highest BCUT2D eigenvalue weighted by molar-refractivity contribution is 6.76. The molecule has 0 spiro atoms. The van der Waals surface area contributed by atoms with Gasteiger partial charge in [0, 0.05) is 14.0 Å². The number of fused-ring (bicyclic) bond motifs is 1. The zero-order valence-corrected chi connectivity index (χ0v) is 8.33. The van der Waals surface area contributed by atoms with Crippen molar-refractivity contribution >= 4 is 19.8 Å². The Morgan fingerprint density at radius 1 is 1.42 bits per heavy atom. The van der Waals surface area contributed by atoms with Crippen molar-refractivity contribution in [3.8, 4) is 0 Å². The molecule has 0 N–H and O–H groups in total. The van der Waals surface area contributed by atoms with Crippen LogP contribution in [0, 0.1) is 0 Å². The first-order chi connectivity index (χ1) is 5.75. The summed E-state index contributed by atoms with van der Waals surface area (Å²) >= 11 is 0. The van der Waals surface area contributed by atoms with Gasteiger partial charge in [0.05, 0.1) is 11.4 Å². The first-order valence-corrected chi connectivity index (χ1v) is 6.67. The lowest BCUT2D eigenvalue weighted by molar-refractivity contribution is 1.43. The van der Waals surface area contributed by atoms with Crippen LogP contribution in [0.3, 0.4) is 0 Å². The fraction of sp³-hybridized carbons (Fsp3) is 0.200. The van der Waals surface area contributed by atoms with Crippen LogP contribution in [-0.2, 0) is 0 Å². The quantitative estimate of drug-likeness (QED) is 0.537. The van der Waals surface area contributed by atoms with Crippen molar-refractivity contribution in [1.29, 1.82) is 0 Å². The molecule has 0 aromatic carbocycles. The zero-order chi connectivity index (χ0) is 8.55. The smallest absolute Gasteiger partial charge is 0.0709 e. The van der Waals surface area contributed by atoms with E-state index in [-0.39, 0.29) is 8.41 Å². The highest BCUT2D eigenvalue weighted by Crippen LogP contribution is 2.24. The van der Waals surface area contributed by atoms with E-state index in [0.29, 0.717) is 0 Å². The normalized spacial score (nSPS) is 18.3. The van der Waals surface area contributed by atoms with Gasteiger partial charge >= 0.3 is 0 Å². The van der Waals surface area contributed by atoms with E-state index in [4.69, 9.17) is 0 Å². The molecule has 12 heavy (non-hydrogen) atoms. The summed E-state index contributed by atoms with van der Waals surface area (Å²) in [6.45, 7) is 4.54. The number of hydrogen-bond donors (Lipinski definition) is 0. The Bertz CT molecular complexity index is 363. The van der Waals surface area contributed by atoms with Crippen molar-refractivity contribution in [3.63, 3.8) is 0 Å². The van der Waals surface area contributed by atoms with E-state index in [0.717, 1.165) is 11.4 Å². The Morgan fingerprint density at radius 3 is 2.92 bits per heavy atom. The second-order valence-electron chi connectivity index (χ2n) is 3.27. The monoisotopic (exact) mass is 173 g/mol. The third-order valence-electron chi connectivity index (χ3n) is 1.82. The van der Waals surface area contributed by atoms with Crippen LogP contribution in [0.4, 0.5) is 0 Å². The lowest BCUT2D eigenvalue weighted by atomic mass is 10.2. The van der Waals surface area contributed by atoms with E-state index in [1.165, 1.54) is 5.57 Å². The molecule has 0 fully saturated rings. The summed E-state index contributed by atoms with van der Waals surface area (Å²) in [6.07, 6.45) is 8.38. The number of nitrogens with zero attached hydrogens (tertiary/aromatic N) is 1. The van der Waals surface area contributed by atoms with Crippen LogP contribution >= 0.6 is 0 Å². The molecule has 2 heteroatoms. The first-order valence-electron chi connectivity index (χ1n) is 4.10. The van der Waals surface area contributed by atoms with E-state index in [1.54, 1.807) is 0 Å². The van der Waals surface area contributed by atoms with E-state index < -0.39 is 0 Å². The minimum atomic E-state index is -0.300. The van der Waals surface area contributed by atoms with Crippen molar-refractivity contribution in [2.75, 3.05) is 0 Å². The molecule has 60 valence electrons. The summed E-state index contributed by atoms with van der Waals surface area (Å²) in [7, 11) is -0.300. The Kier molecular flexibility index (Phi) is 1.77. The van der Waals surface area contributed by atoms with Crippen LogP contribution in [-0.4, -0.2) is 19.8 Å². The highest BCUT2D eigenvalue weighted by Gasteiger charge is 2.12. The summed E-state index contributed by atoms with van der Waals surface area (Å²) in [6, 6.07) is 0. The van der Waals surface area contributed by atoms with Gasteiger partial charge in [-0.2, -0.15) is 0 Å². The average molecular weight is 173 g/mol. The van der Waals surface area contributed by atoms with Crippen LogP contribution in [0.2, 0.25) is 13.1 Å². The SMILES string of the molecule is C[Si](C)=CC1=NC2=CC=CC2=C1. The molecule has 0 amide bonds. The molecule has 0 bridgehead atoms. The average Bonchev–Trinajstić information content (AvgIpc) is 2.43. The van der Waals surface area contributed by atoms with Crippen molar-refractivity contribution in [1.82, 2.24) is 0 Å². The van der Waals surface area contributed by atoms with Crippen molar-refractivity contribution < 1.29 is 0 Å². The Morgan fingerprint density at radius 2 is 2.25 bits per heavy atom. The van der Waals surface area contributed by atoms with E-state index >= 15 is 0 Å². The number of rotatable bonds is 1. The van der Waals surface area contributed by atoms with Crippen LogP contribution < -0.4 is 0 Å². The molecule has 2 aliphatic rings. The van der Waals surface area contributed by atoms with E-state index in [2.05, 4.69) is 42.0 Å². The van der Waals surface area contributed by atoms with Crippen LogP contribution in [0.1, 0.15) is 0 Å². The largest absolute Gasteiger partial charge is 0.249 e. The summed E-state index contributed by atoms with van der Waals surface area (Å²) in [4.78, 5) is 4.48. The van der Waals surface area contributed by atoms with Crippen molar-refractivity contribution in [3.05, 3.63) is 35.6 Å². The standard InChI is InChI=1S/C10H11NSi/c1-12(2)7-9-6-8-4-3-5-10(8)11-9/h3-7H,1-2H3. The molecule has 1 aliphatic carbocycles. The van der Waals surface area contributed by atoms with Crippen molar-refractivity contribution in [2.45, 2.75) is 13.1 Å². The molecule has 2 rings (SSSR count). The number of allylic oxidation sites excluding steroid dienone is 4. The minimum Gasteiger partial charge on any atom is -0.249 e. The molecule has 0 aromatic rings. The second-order valence-corrected chi connectivity index (χ2v) is 5.71. The molecule has 0 radical (unpaired) electrons. The summed E-state index contributed by atoms with van der Waals surface area (Å²) < 4.78 is 0. The molecular weight excluding hydrogens is 162 g/mol. The maximum Gasteiger partial charge on any atom is 0.0709 e. The fourth-order valence-corrected chi connectivity index (χ4v) is 2.09. The summed E-state index contributed by atoms with van der Waals surface area (Å²) in [5.74, 6) is 0. The Hall–Kier alpha value is -1.02. The second kappa shape index (κ2) is 2.79. The maximum atomic E-state index is 4.48. The van der Waals surface area contributed by atoms with Gasteiger partial charge in [-0.1, -0.05) is 30.9 Å². The maximum absolute atomic E-state index is 4.48. The van der Waals surface area contributed by atoms with E-state index in [9.17, 15) is 0 Å². The fourth-order valence-electron chi connectivity index (χ4n) is 1.35. The van der Waals surface area contributed by atoms with Gasteiger partial charge in [-0.05, 0) is 12.2 Å². The van der Waals surface area contributed by atoms with Crippen LogP contribution in [0.25, 0.3) is 0 Å². The van der Waals surface area contributed by atoms with Gasteiger partial charge in [-0.15, -0.1) is 0 Å². The third kappa shape index (κ3) is 1.30. The molecule has 0 atom stereocenters.